The van der Waals surface area contributed by atoms with E-state index in [1.807, 2.05) is 65.6 Å². The van der Waals surface area contributed by atoms with E-state index in [2.05, 4.69) is 6.92 Å². The number of nitrogens with zero attached hydrogens (tertiary/aromatic N) is 1. The van der Waals surface area contributed by atoms with Gasteiger partial charge in [0.25, 0.3) is 0 Å². The molecule has 0 aliphatic heterocycles. The number of hydrogen-bond donors (Lipinski definition) is 1. The Balaban J connectivity index is 2.36. The number of anilines is 1. The van der Waals surface area contributed by atoms with Crippen molar-refractivity contribution < 1.29 is 9.90 Å². The zero-order valence-corrected chi connectivity index (χ0v) is 11.6. The quantitative estimate of drug-likeness (QED) is 0.868. The van der Waals surface area contributed by atoms with Gasteiger partial charge in [-0.05, 0) is 24.1 Å². The lowest BCUT2D eigenvalue weighted by Gasteiger charge is -2.32. The van der Waals surface area contributed by atoms with E-state index in [1.165, 1.54) is 0 Å². The predicted molar refractivity (Wildman–Crippen MR) is 80.9 cm³/mol. The van der Waals surface area contributed by atoms with E-state index in [9.17, 15) is 9.90 Å². The van der Waals surface area contributed by atoms with Gasteiger partial charge in [0.05, 0.1) is 6.04 Å². The molecule has 20 heavy (non-hydrogen) atoms. The number of aliphatic carboxylic acids is 1. The molecule has 104 valence electrons. The van der Waals surface area contributed by atoms with Crippen LogP contribution in [-0.2, 0) is 4.79 Å². The van der Waals surface area contributed by atoms with Crippen LogP contribution in [-0.4, -0.2) is 17.6 Å². The Kier molecular flexibility index (Phi) is 4.77. The molecular weight excluding hydrogens is 250 g/mol. The molecule has 0 aliphatic carbocycles. The van der Waals surface area contributed by atoms with E-state index < -0.39 is 5.97 Å². The summed E-state index contributed by atoms with van der Waals surface area (Å²) >= 11 is 0. The van der Waals surface area contributed by atoms with Crippen molar-refractivity contribution in [2.75, 3.05) is 11.4 Å². The Morgan fingerprint density at radius 1 is 1.05 bits per heavy atom. The molecule has 0 amide bonds. The van der Waals surface area contributed by atoms with Gasteiger partial charge < -0.3 is 10.0 Å². The lowest BCUT2D eigenvalue weighted by atomic mass is 10.0. The van der Waals surface area contributed by atoms with E-state index in [-0.39, 0.29) is 12.6 Å². The molecule has 0 radical (unpaired) electrons. The summed E-state index contributed by atoms with van der Waals surface area (Å²) in [6.45, 7) is 2.08. The van der Waals surface area contributed by atoms with E-state index in [4.69, 9.17) is 0 Å². The van der Waals surface area contributed by atoms with E-state index >= 15 is 0 Å². The molecule has 0 aliphatic rings. The zero-order chi connectivity index (χ0) is 14.4. The van der Waals surface area contributed by atoms with Crippen molar-refractivity contribution in [3.05, 3.63) is 66.2 Å². The van der Waals surface area contributed by atoms with Crippen LogP contribution in [0.1, 0.15) is 24.9 Å². The number of para-hydroxylation sites is 1. The largest absolute Gasteiger partial charge is 0.480 e. The molecule has 1 atom stereocenters. The normalized spacial score (nSPS) is 11.8. The first-order valence-corrected chi connectivity index (χ1v) is 6.80. The van der Waals surface area contributed by atoms with Gasteiger partial charge in [0.2, 0.25) is 0 Å². The Labute approximate surface area is 119 Å². The van der Waals surface area contributed by atoms with Crippen molar-refractivity contribution >= 4 is 11.7 Å². The maximum atomic E-state index is 11.2. The number of benzene rings is 2. The molecule has 2 rings (SSSR count). The van der Waals surface area contributed by atoms with E-state index in [1.54, 1.807) is 0 Å². The highest BCUT2D eigenvalue weighted by Gasteiger charge is 2.21. The first-order chi connectivity index (χ1) is 9.72. The van der Waals surface area contributed by atoms with Crippen molar-refractivity contribution in [1.82, 2.24) is 0 Å². The minimum absolute atomic E-state index is 0.00257. The number of rotatable bonds is 6. The van der Waals surface area contributed by atoms with E-state index in [0.29, 0.717) is 0 Å². The van der Waals surface area contributed by atoms with Crippen LogP contribution >= 0.6 is 0 Å². The van der Waals surface area contributed by atoms with Crippen molar-refractivity contribution in [2.45, 2.75) is 19.4 Å². The summed E-state index contributed by atoms with van der Waals surface area (Å²) in [5, 5.41) is 9.19. The highest BCUT2D eigenvalue weighted by atomic mass is 16.4. The van der Waals surface area contributed by atoms with Gasteiger partial charge >= 0.3 is 5.97 Å². The average molecular weight is 269 g/mol. The number of carboxylic acid groups (broad SMARTS) is 1. The monoisotopic (exact) mass is 269 g/mol. The molecule has 0 spiro atoms. The van der Waals surface area contributed by atoms with Gasteiger partial charge in [-0.3, -0.25) is 4.79 Å². The highest BCUT2D eigenvalue weighted by Crippen LogP contribution is 2.29. The molecule has 1 unspecified atom stereocenters. The van der Waals surface area contributed by atoms with Gasteiger partial charge in [-0.15, -0.1) is 0 Å². The summed E-state index contributed by atoms with van der Waals surface area (Å²) < 4.78 is 0. The Morgan fingerprint density at radius 3 is 2.10 bits per heavy atom. The Hall–Kier alpha value is -2.29. The van der Waals surface area contributed by atoms with Gasteiger partial charge in [-0.1, -0.05) is 55.5 Å². The SMILES string of the molecule is CCC(c1ccccc1)N(CC(=O)O)c1ccccc1. The molecule has 2 aromatic carbocycles. The molecule has 0 saturated heterocycles. The van der Waals surface area contributed by atoms with Crippen molar-refractivity contribution in [2.24, 2.45) is 0 Å². The second-order valence-electron chi connectivity index (χ2n) is 4.69. The molecule has 1 N–H and O–H groups in total. The average Bonchev–Trinajstić information content (AvgIpc) is 2.49. The summed E-state index contributed by atoms with van der Waals surface area (Å²) in [6, 6.07) is 19.8. The molecule has 0 bridgehead atoms. The van der Waals surface area contributed by atoms with Crippen LogP contribution in [0.25, 0.3) is 0 Å². The summed E-state index contributed by atoms with van der Waals surface area (Å²) in [4.78, 5) is 13.1. The fourth-order valence-electron chi connectivity index (χ4n) is 2.46. The molecule has 0 aromatic heterocycles. The molecular formula is C17H19NO2. The number of carboxylic acids is 1. The van der Waals surface area contributed by atoms with Gasteiger partial charge in [0.1, 0.15) is 6.54 Å². The van der Waals surface area contributed by atoms with Gasteiger partial charge in [-0.25, -0.2) is 0 Å². The summed E-state index contributed by atoms with van der Waals surface area (Å²) in [5.41, 5.74) is 2.07. The fourth-order valence-corrected chi connectivity index (χ4v) is 2.46. The highest BCUT2D eigenvalue weighted by molar-refractivity contribution is 5.74. The topological polar surface area (TPSA) is 40.5 Å². The van der Waals surface area contributed by atoms with Crippen LogP contribution < -0.4 is 4.90 Å². The van der Waals surface area contributed by atoms with Gasteiger partial charge in [0.15, 0.2) is 0 Å². The van der Waals surface area contributed by atoms with Crippen molar-refractivity contribution in [3.63, 3.8) is 0 Å². The standard InChI is InChI=1S/C17H19NO2/c1-2-16(14-9-5-3-6-10-14)18(13-17(19)20)15-11-7-4-8-12-15/h3-12,16H,2,13H2,1H3,(H,19,20). The summed E-state index contributed by atoms with van der Waals surface area (Å²) in [7, 11) is 0. The Morgan fingerprint density at radius 2 is 1.60 bits per heavy atom. The van der Waals surface area contributed by atoms with Crippen molar-refractivity contribution in [3.8, 4) is 0 Å². The first kappa shape index (κ1) is 14.1. The predicted octanol–water partition coefficient (Wildman–Crippen LogP) is 3.73. The smallest absolute Gasteiger partial charge is 0.323 e. The molecule has 0 saturated carbocycles. The lowest BCUT2D eigenvalue weighted by Crippen LogP contribution is -2.33. The third kappa shape index (κ3) is 3.38. The molecule has 2 aromatic rings. The zero-order valence-electron chi connectivity index (χ0n) is 11.6. The van der Waals surface area contributed by atoms with Crippen molar-refractivity contribution in [1.29, 1.82) is 0 Å². The molecule has 0 fully saturated rings. The van der Waals surface area contributed by atoms with E-state index in [0.717, 1.165) is 17.7 Å². The lowest BCUT2D eigenvalue weighted by molar-refractivity contribution is -0.135. The minimum atomic E-state index is -0.816. The number of carbonyl (C=O) groups is 1. The molecule has 3 nitrogen and oxygen atoms in total. The molecule has 0 heterocycles. The van der Waals surface area contributed by atoms with Crippen LogP contribution in [0.3, 0.4) is 0 Å². The minimum Gasteiger partial charge on any atom is -0.480 e. The first-order valence-electron chi connectivity index (χ1n) is 6.80. The van der Waals surface area contributed by atoms with Crippen LogP contribution in [0.4, 0.5) is 5.69 Å². The fraction of sp³-hybridized carbons (Fsp3) is 0.235. The van der Waals surface area contributed by atoms with Crippen LogP contribution in [0.5, 0.6) is 0 Å². The third-order valence-corrected chi connectivity index (χ3v) is 3.34. The Bertz CT molecular complexity index is 539. The maximum Gasteiger partial charge on any atom is 0.323 e. The second kappa shape index (κ2) is 6.75. The second-order valence-corrected chi connectivity index (χ2v) is 4.69. The van der Waals surface area contributed by atoms with Crippen LogP contribution in [0.15, 0.2) is 60.7 Å². The summed E-state index contributed by atoms with van der Waals surface area (Å²) in [5.74, 6) is -0.816. The maximum absolute atomic E-state index is 11.2. The van der Waals surface area contributed by atoms with Crippen LogP contribution in [0.2, 0.25) is 0 Å². The number of hydrogen-bond acceptors (Lipinski definition) is 2. The van der Waals surface area contributed by atoms with Gasteiger partial charge in [-0.2, -0.15) is 0 Å². The third-order valence-electron chi connectivity index (χ3n) is 3.34. The summed E-state index contributed by atoms with van der Waals surface area (Å²) in [6.07, 6.45) is 0.853. The van der Waals surface area contributed by atoms with Gasteiger partial charge in [0, 0.05) is 5.69 Å². The van der Waals surface area contributed by atoms with Crippen LogP contribution in [0, 0.1) is 0 Å². The molecule has 3 heteroatoms.